The molecule has 1 heterocycles. The largest absolute Gasteiger partial charge is 0.480 e. The lowest BCUT2D eigenvalue weighted by Gasteiger charge is -1.95. The van der Waals surface area contributed by atoms with Gasteiger partial charge in [-0.05, 0) is 0 Å². The van der Waals surface area contributed by atoms with E-state index >= 15 is 0 Å². The van der Waals surface area contributed by atoms with Gasteiger partial charge in [0, 0.05) is 0 Å². The summed E-state index contributed by atoms with van der Waals surface area (Å²) in [7, 11) is 2.93. The van der Waals surface area contributed by atoms with Gasteiger partial charge in [-0.3, -0.25) is 0 Å². The molecule has 13 heavy (non-hydrogen) atoms. The van der Waals surface area contributed by atoms with Crippen molar-refractivity contribution in [1.29, 1.82) is 0 Å². The van der Waals surface area contributed by atoms with E-state index in [9.17, 15) is 0 Å². The molecule has 7 heteroatoms. The highest BCUT2D eigenvalue weighted by Gasteiger charge is 2.15. The number of amidine groups is 1. The number of ether oxygens (including phenoxy) is 2. The topological polar surface area (TPSA) is 90.0 Å². The van der Waals surface area contributed by atoms with Crippen LogP contribution >= 0.6 is 11.3 Å². The average Bonchev–Trinajstić information content (AvgIpc) is 2.59. The molecule has 0 aliphatic heterocycles. The maximum atomic E-state index is 8.44. The maximum absolute atomic E-state index is 8.44. The molecule has 0 saturated heterocycles. The minimum absolute atomic E-state index is 0.0438. The molecule has 0 bridgehead atoms. The molecule has 0 saturated carbocycles. The summed E-state index contributed by atoms with van der Waals surface area (Å²) in [5, 5.41) is 11.7. The summed E-state index contributed by atoms with van der Waals surface area (Å²) in [6.07, 6.45) is 0. The first-order valence-corrected chi connectivity index (χ1v) is 4.11. The van der Waals surface area contributed by atoms with E-state index in [-0.39, 0.29) is 11.7 Å². The molecule has 1 aromatic rings. The summed E-state index contributed by atoms with van der Waals surface area (Å²) in [5.41, 5.74) is 5.37. The number of hydrogen-bond acceptors (Lipinski definition) is 6. The van der Waals surface area contributed by atoms with Crippen molar-refractivity contribution < 1.29 is 14.7 Å². The second kappa shape index (κ2) is 3.94. The summed E-state index contributed by atoms with van der Waals surface area (Å²) in [6, 6.07) is 0. The van der Waals surface area contributed by atoms with Gasteiger partial charge in [0.15, 0.2) is 5.84 Å². The Kier molecular flexibility index (Phi) is 2.91. The Labute approximate surface area is 78.6 Å². The Bertz CT molecular complexity index is 323. The molecular weight excluding hydrogens is 194 g/mol. The van der Waals surface area contributed by atoms with Crippen molar-refractivity contribution in [2.75, 3.05) is 14.2 Å². The molecule has 0 spiro atoms. The molecule has 0 aromatic carbocycles. The summed E-state index contributed by atoms with van der Waals surface area (Å²) < 4.78 is 9.77. The van der Waals surface area contributed by atoms with E-state index in [4.69, 9.17) is 20.4 Å². The molecule has 0 radical (unpaired) electrons. The molecule has 0 aliphatic carbocycles. The highest BCUT2D eigenvalue weighted by atomic mass is 32.1. The first-order chi connectivity index (χ1) is 6.22. The van der Waals surface area contributed by atoms with Crippen LogP contribution in [0.3, 0.4) is 0 Å². The lowest BCUT2D eigenvalue weighted by atomic mass is 10.5. The SMILES string of the molecule is COc1nc(OC)c(/C(N)=N/O)s1. The second-order valence-electron chi connectivity index (χ2n) is 2.01. The predicted molar refractivity (Wildman–Crippen MR) is 47.7 cm³/mol. The number of hydrogen-bond donors (Lipinski definition) is 2. The van der Waals surface area contributed by atoms with Crippen LogP contribution in [0.1, 0.15) is 4.88 Å². The zero-order valence-corrected chi connectivity index (χ0v) is 7.96. The fourth-order valence-electron chi connectivity index (χ4n) is 0.720. The van der Waals surface area contributed by atoms with Crippen molar-refractivity contribution in [3.8, 4) is 11.1 Å². The van der Waals surface area contributed by atoms with Gasteiger partial charge in [-0.2, -0.15) is 4.98 Å². The van der Waals surface area contributed by atoms with Crippen molar-refractivity contribution in [3.05, 3.63) is 4.88 Å². The van der Waals surface area contributed by atoms with Gasteiger partial charge in [0.2, 0.25) is 5.88 Å². The summed E-state index contributed by atoms with van der Waals surface area (Å²) >= 11 is 1.14. The third-order valence-electron chi connectivity index (χ3n) is 1.28. The number of oxime groups is 1. The number of nitrogens with two attached hydrogens (primary N) is 1. The predicted octanol–water partition coefficient (Wildman–Crippen LogP) is 0.255. The minimum atomic E-state index is -0.0438. The monoisotopic (exact) mass is 203 g/mol. The zero-order valence-electron chi connectivity index (χ0n) is 7.14. The van der Waals surface area contributed by atoms with E-state index in [1.807, 2.05) is 0 Å². The molecule has 72 valence electrons. The minimum Gasteiger partial charge on any atom is -0.480 e. The molecule has 6 nitrogen and oxygen atoms in total. The summed E-state index contributed by atoms with van der Waals surface area (Å²) in [4.78, 5) is 4.36. The highest BCUT2D eigenvalue weighted by Crippen LogP contribution is 2.29. The molecule has 1 rings (SSSR count). The molecule has 0 atom stereocenters. The number of nitrogens with zero attached hydrogens (tertiary/aromatic N) is 2. The van der Waals surface area contributed by atoms with Crippen LogP contribution in [0.15, 0.2) is 5.16 Å². The third-order valence-corrected chi connectivity index (χ3v) is 2.31. The zero-order chi connectivity index (χ0) is 9.84. The molecule has 3 N–H and O–H groups in total. The van der Waals surface area contributed by atoms with Crippen LogP contribution in [0.5, 0.6) is 11.1 Å². The van der Waals surface area contributed by atoms with Gasteiger partial charge in [0.1, 0.15) is 4.88 Å². The molecular formula is C6H9N3O3S. The van der Waals surface area contributed by atoms with Gasteiger partial charge in [-0.25, -0.2) is 0 Å². The maximum Gasteiger partial charge on any atom is 0.277 e. The third kappa shape index (κ3) is 1.81. The molecule has 0 unspecified atom stereocenters. The van der Waals surface area contributed by atoms with Crippen molar-refractivity contribution in [1.82, 2.24) is 4.98 Å². The van der Waals surface area contributed by atoms with Crippen molar-refractivity contribution in [2.24, 2.45) is 10.9 Å². The highest BCUT2D eigenvalue weighted by molar-refractivity contribution is 7.15. The van der Waals surface area contributed by atoms with E-state index in [2.05, 4.69) is 10.1 Å². The smallest absolute Gasteiger partial charge is 0.277 e. The Morgan fingerprint density at radius 1 is 1.54 bits per heavy atom. The molecule has 0 fully saturated rings. The lowest BCUT2D eigenvalue weighted by molar-refractivity contribution is 0.318. The van der Waals surface area contributed by atoms with Crippen molar-refractivity contribution in [2.45, 2.75) is 0 Å². The Hall–Kier alpha value is -1.50. The van der Waals surface area contributed by atoms with E-state index in [0.29, 0.717) is 10.1 Å². The Morgan fingerprint density at radius 2 is 2.23 bits per heavy atom. The number of rotatable bonds is 3. The van der Waals surface area contributed by atoms with Crippen LogP contribution in [-0.4, -0.2) is 30.2 Å². The first kappa shape index (κ1) is 9.59. The number of aromatic nitrogens is 1. The number of thiazole rings is 1. The normalized spacial score (nSPS) is 11.4. The standard InChI is InChI=1S/C6H9N3O3S/c1-11-5-3(4(7)9-10)13-6(8-5)12-2/h10H,1-2H3,(H2,7,9). The quantitative estimate of drug-likeness (QED) is 0.318. The van der Waals surface area contributed by atoms with E-state index < -0.39 is 0 Å². The van der Waals surface area contributed by atoms with Crippen LogP contribution in [0.4, 0.5) is 0 Å². The molecule has 0 amide bonds. The van der Waals surface area contributed by atoms with E-state index in [0.717, 1.165) is 11.3 Å². The Balaban J connectivity index is 3.11. The van der Waals surface area contributed by atoms with Gasteiger partial charge < -0.3 is 20.4 Å². The van der Waals surface area contributed by atoms with Gasteiger partial charge in [-0.1, -0.05) is 16.5 Å². The summed E-state index contributed by atoms with van der Waals surface area (Å²) in [6.45, 7) is 0. The number of methoxy groups -OCH3 is 2. The molecule has 1 aromatic heterocycles. The van der Waals surface area contributed by atoms with Crippen LogP contribution in [0.2, 0.25) is 0 Å². The molecule has 0 aliphatic rings. The van der Waals surface area contributed by atoms with Crippen LogP contribution < -0.4 is 15.2 Å². The average molecular weight is 203 g/mol. The Morgan fingerprint density at radius 3 is 2.69 bits per heavy atom. The second-order valence-corrected chi connectivity index (χ2v) is 2.97. The fourth-order valence-corrected chi connectivity index (χ4v) is 1.47. The van der Waals surface area contributed by atoms with Gasteiger partial charge in [0.25, 0.3) is 5.19 Å². The van der Waals surface area contributed by atoms with Crippen LogP contribution in [0, 0.1) is 0 Å². The lowest BCUT2D eigenvalue weighted by Crippen LogP contribution is -2.12. The van der Waals surface area contributed by atoms with Crippen LogP contribution in [-0.2, 0) is 0 Å². The van der Waals surface area contributed by atoms with E-state index in [1.165, 1.54) is 14.2 Å². The van der Waals surface area contributed by atoms with Gasteiger partial charge >= 0.3 is 0 Å². The van der Waals surface area contributed by atoms with Crippen LogP contribution in [0.25, 0.3) is 0 Å². The van der Waals surface area contributed by atoms with Gasteiger partial charge in [-0.15, -0.1) is 0 Å². The van der Waals surface area contributed by atoms with E-state index in [1.54, 1.807) is 0 Å². The fraction of sp³-hybridized carbons (Fsp3) is 0.333. The van der Waals surface area contributed by atoms with Crippen molar-refractivity contribution >= 4 is 17.2 Å². The summed E-state index contributed by atoms with van der Waals surface area (Å²) in [5.74, 6) is 0.245. The van der Waals surface area contributed by atoms with Crippen molar-refractivity contribution in [3.63, 3.8) is 0 Å². The first-order valence-electron chi connectivity index (χ1n) is 3.29. The van der Waals surface area contributed by atoms with Gasteiger partial charge in [0.05, 0.1) is 14.2 Å².